The summed E-state index contributed by atoms with van der Waals surface area (Å²) in [4.78, 5) is 10.9. The first kappa shape index (κ1) is 15.6. The first-order chi connectivity index (χ1) is 9.24. The number of ether oxygens (including phenoxy) is 1. The third-order valence-electron chi connectivity index (χ3n) is 2.78. The monoisotopic (exact) mass is 265 g/mol. The van der Waals surface area contributed by atoms with Gasteiger partial charge in [0.15, 0.2) is 5.84 Å². The van der Waals surface area contributed by atoms with E-state index in [-0.39, 0.29) is 6.61 Å². The zero-order valence-corrected chi connectivity index (χ0v) is 11.8. The standard InChI is InChI=1S/C14H23N3O2/c1-4-5-8-15-14-12(2)17(9-6-11-19-3)13(16-14)7-10-18/h4-5,18H,2,6-11H2,1,3H3/b5-4-,15-14?. The third-order valence-corrected chi connectivity index (χ3v) is 2.78. The Balaban J connectivity index is 2.72. The molecule has 5 heteroatoms. The van der Waals surface area contributed by atoms with Crippen LogP contribution >= 0.6 is 0 Å². The highest BCUT2D eigenvalue weighted by Crippen LogP contribution is 2.18. The van der Waals surface area contributed by atoms with Crippen LogP contribution < -0.4 is 0 Å². The minimum atomic E-state index is 0.0784. The van der Waals surface area contributed by atoms with E-state index in [0.29, 0.717) is 25.4 Å². The minimum Gasteiger partial charge on any atom is -0.396 e. The molecular weight excluding hydrogens is 242 g/mol. The predicted molar refractivity (Wildman–Crippen MR) is 78.6 cm³/mol. The molecule has 0 fully saturated rings. The molecule has 0 bridgehead atoms. The van der Waals surface area contributed by atoms with Gasteiger partial charge in [-0.1, -0.05) is 18.7 Å². The van der Waals surface area contributed by atoms with Crippen LogP contribution in [-0.4, -0.2) is 55.1 Å². The number of amidine groups is 2. The van der Waals surface area contributed by atoms with Crippen molar-refractivity contribution in [3.8, 4) is 0 Å². The number of methoxy groups -OCH3 is 1. The van der Waals surface area contributed by atoms with Gasteiger partial charge < -0.3 is 14.7 Å². The fraction of sp³-hybridized carbons (Fsp3) is 0.571. The highest BCUT2D eigenvalue weighted by molar-refractivity contribution is 6.13. The van der Waals surface area contributed by atoms with Crippen LogP contribution in [0.2, 0.25) is 0 Å². The maximum absolute atomic E-state index is 9.09. The summed E-state index contributed by atoms with van der Waals surface area (Å²) in [6.45, 7) is 8.16. The number of hydrogen-bond acceptors (Lipinski definition) is 4. The molecule has 1 N–H and O–H groups in total. The summed E-state index contributed by atoms with van der Waals surface area (Å²) in [6, 6.07) is 0. The SMILES string of the molecule is C=C1C(=NC/C=C\C)N=C(CCO)N1CCCOC. The van der Waals surface area contributed by atoms with Crippen molar-refractivity contribution in [3.63, 3.8) is 0 Å². The van der Waals surface area contributed by atoms with Crippen molar-refractivity contribution in [3.05, 3.63) is 24.4 Å². The Hall–Kier alpha value is -1.46. The summed E-state index contributed by atoms with van der Waals surface area (Å²) in [5, 5.41) is 9.09. The Morgan fingerprint density at radius 2 is 2.32 bits per heavy atom. The summed E-state index contributed by atoms with van der Waals surface area (Å²) < 4.78 is 5.05. The molecule has 0 unspecified atom stereocenters. The summed E-state index contributed by atoms with van der Waals surface area (Å²) in [6.07, 6.45) is 5.34. The van der Waals surface area contributed by atoms with Gasteiger partial charge in [-0.2, -0.15) is 0 Å². The van der Waals surface area contributed by atoms with E-state index in [4.69, 9.17) is 9.84 Å². The van der Waals surface area contributed by atoms with Crippen molar-refractivity contribution in [2.24, 2.45) is 9.98 Å². The first-order valence-corrected chi connectivity index (χ1v) is 6.54. The van der Waals surface area contributed by atoms with Crippen molar-refractivity contribution in [2.45, 2.75) is 19.8 Å². The van der Waals surface area contributed by atoms with Gasteiger partial charge in [0, 0.05) is 26.7 Å². The molecule has 1 heterocycles. The number of aliphatic hydroxyl groups excluding tert-OH is 1. The van der Waals surface area contributed by atoms with Gasteiger partial charge in [0.1, 0.15) is 5.84 Å². The molecule has 0 saturated carbocycles. The second-order valence-corrected chi connectivity index (χ2v) is 4.18. The van der Waals surface area contributed by atoms with E-state index in [2.05, 4.69) is 16.6 Å². The van der Waals surface area contributed by atoms with E-state index in [0.717, 1.165) is 24.5 Å². The second-order valence-electron chi connectivity index (χ2n) is 4.18. The Morgan fingerprint density at radius 3 is 2.95 bits per heavy atom. The van der Waals surface area contributed by atoms with Gasteiger partial charge in [-0.3, -0.25) is 4.99 Å². The molecule has 19 heavy (non-hydrogen) atoms. The molecule has 0 atom stereocenters. The third kappa shape index (κ3) is 4.61. The minimum absolute atomic E-state index is 0.0784. The highest BCUT2D eigenvalue weighted by atomic mass is 16.5. The van der Waals surface area contributed by atoms with Crippen LogP contribution in [0.4, 0.5) is 0 Å². The van der Waals surface area contributed by atoms with Crippen LogP contribution in [0.5, 0.6) is 0 Å². The lowest BCUT2D eigenvalue weighted by molar-refractivity contribution is 0.189. The van der Waals surface area contributed by atoms with Gasteiger partial charge in [0.2, 0.25) is 0 Å². The van der Waals surface area contributed by atoms with Gasteiger partial charge in [0.25, 0.3) is 0 Å². The molecule has 0 aromatic rings. The first-order valence-electron chi connectivity index (χ1n) is 6.54. The topological polar surface area (TPSA) is 57.4 Å². The number of allylic oxidation sites excluding steroid dienone is 1. The largest absolute Gasteiger partial charge is 0.396 e. The van der Waals surface area contributed by atoms with Gasteiger partial charge in [-0.05, 0) is 13.3 Å². The molecule has 1 rings (SSSR count). The molecule has 0 amide bonds. The molecule has 0 saturated heterocycles. The molecule has 0 aromatic carbocycles. The van der Waals surface area contributed by atoms with Gasteiger partial charge in [-0.15, -0.1) is 0 Å². The molecule has 0 radical (unpaired) electrons. The summed E-state index contributed by atoms with van der Waals surface area (Å²) >= 11 is 0. The summed E-state index contributed by atoms with van der Waals surface area (Å²) in [7, 11) is 1.69. The van der Waals surface area contributed by atoms with Crippen LogP contribution in [0, 0.1) is 0 Å². The second kappa shape index (κ2) is 8.61. The van der Waals surface area contributed by atoms with E-state index < -0.39 is 0 Å². The lowest BCUT2D eigenvalue weighted by atomic mass is 10.3. The van der Waals surface area contributed by atoms with Gasteiger partial charge in [0.05, 0.1) is 18.8 Å². The summed E-state index contributed by atoms with van der Waals surface area (Å²) in [5.74, 6) is 1.50. The average Bonchev–Trinajstić information content (AvgIpc) is 2.69. The van der Waals surface area contributed by atoms with Crippen molar-refractivity contribution in [1.29, 1.82) is 0 Å². The fourth-order valence-corrected chi connectivity index (χ4v) is 1.82. The predicted octanol–water partition coefficient (Wildman–Crippen LogP) is 1.61. The molecule has 0 aliphatic carbocycles. The highest BCUT2D eigenvalue weighted by Gasteiger charge is 2.24. The number of rotatable bonds is 8. The van der Waals surface area contributed by atoms with Crippen LogP contribution in [0.3, 0.4) is 0 Å². The quantitative estimate of drug-likeness (QED) is 0.536. The smallest absolute Gasteiger partial charge is 0.173 e. The molecule has 106 valence electrons. The van der Waals surface area contributed by atoms with Crippen molar-refractivity contribution >= 4 is 11.7 Å². The van der Waals surface area contributed by atoms with E-state index in [1.165, 1.54) is 0 Å². The van der Waals surface area contributed by atoms with E-state index in [1.807, 2.05) is 24.0 Å². The molecule has 0 aromatic heterocycles. The van der Waals surface area contributed by atoms with Gasteiger partial charge >= 0.3 is 0 Å². The van der Waals surface area contributed by atoms with Crippen molar-refractivity contribution in [2.75, 3.05) is 33.4 Å². The maximum atomic E-state index is 9.09. The molecule has 5 nitrogen and oxygen atoms in total. The van der Waals surface area contributed by atoms with E-state index >= 15 is 0 Å². The maximum Gasteiger partial charge on any atom is 0.173 e. The van der Waals surface area contributed by atoms with E-state index in [9.17, 15) is 0 Å². The van der Waals surface area contributed by atoms with Crippen LogP contribution in [0.25, 0.3) is 0 Å². The zero-order chi connectivity index (χ0) is 14.1. The van der Waals surface area contributed by atoms with Crippen LogP contribution in [0.1, 0.15) is 19.8 Å². The average molecular weight is 265 g/mol. The number of aliphatic hydroxyl groups is 1. The van der Waals surface area contributed by atoms with Gasteiger partial charge in [-0.25, -0.2) is 4.99 Å². The van der Waals surface area contributed by atoms with E-state index in [1.54, 1.807) is 7.11 Å². The fourth-order valence-electron chi connectivity index (χ4n) is 1.82. The summed E-state index contributed by atoms with van der Waals surface area (Å²) in [5.41, 5.74) is 0.809. The number of nitrogens with zero attached hydrogens (tertiary/aromatic N) is 3. The molecular formula is C14H23N3O2. The Labute approximate surface area is 115 Å². The molecule has 1 aliphatic heterocycles. The Morgan fingerprint density at radius 1 is 1.53 bits per heavy atom. The molecule has 0 spiro atoms. The van der Waals surface area contributed by atoms with Crippen LogP contribution in [-0.2, 0) is 4.74 Å². The number of hydrogen-bond donors (Lipinski definition) is 1. The number of aliphatic imine (C=N–C) groups is 2. The Bertz CT molecular complexity index is 386. The normalized spacial score (nSPS) is 17.8. The zero-order valence-electron chi connectivity index (χ0n) is 11.8. The van der Waals surface area contributed by atoms with Crippen LogP contribution in [0.15, 0.2) is 34.4 Å². The Kier molecular flexibility index (Phi) is 7.07. The molecule has 1 aliphatic rings. The van der Waals surface area contributed by atoms with Crippen molar-refractivity contribution < 1.29 is 9.84 Å². The van der Waals surface area contributed by atoms with Crippen molar-refractivity contribution in [1.82, 2.24) is 4.90 Å². The lowest BCUT2D eigenvalue weighted by Crippen LogP contribution is -2.28. The lowest BCUT2D eigenvalue weighted by Gasteiger charge is -2.20.